The Labute approximate surface area is 118 Å². The molecule has 1 aromatic rings. The second-order valence-corrected chi connectivity index (χ2v) is 4.33. The van der Waals surface area contributed by atoms with Gasteiger partial charge in [0.05, 0.1) is 28.6 Å². The van der Waals surface area contributed by atoms with Gasteiger partial charge in [0.1, 0.15) is 0 Å². The second kappa shape index (κ2) is 6.83. The molecule has 0 aliphatic rings. The van der Waals surface area contributed by atoms with Gasteiger partial charge in [0.2, 0.25) is 0 Å². The summed E-state index contributed by atoms with van der Waals surface area (Å²) in [4.78, 5) is 32.7. The van der Waals surface area contributed by atoms with Crippen LogP contribution in [-0.4, -0.2) is 45.1 Å². The van der Waals surface area contributed by atoms with Crippen LogP contribution in [-0.2, 0) is 16.1 Å². The molecular weight excluding hydrogens is 292 g/mol. The summed E-state index contributed by atoms with van der Waals surface area (Å²) in [6.07, 6.45) is 0. The number of benzene rings is 1. The van der Waals surface area contributed by atoms with Crippen LogP contribution in [0.15, 0.2) is 18.2 Å². The number of rotatable bonds is 7. The Morgan fingerprint density at radius 1 is 1.25 bits per heavy atom. The number of nitro benzene ring substituents is 1. The van der Waals surface area contributed by atoms with Gasteiger partial charge in [0.15, 0.2) is 0 Å². The predicted molar refractivity (Wildman–Crippen MR) is 68.7 cm³/mol. The Bertz CT molecular complexity index is 532. The van der Waals surface area contributed by atoms with Crippen LogP contribution in [0.25, 0.3) is 0 Å². The Morgan fingerprint density at radius 3 is 2.25 bits per heavy atom. The smallest absolute Gasteiger partial charge is 0.317 e. The molecule has 0 aliphatic heterocycles. The standard InChI is InChI=1S/C11H11ClN2O6/c12-8-2-1-3-9(14(19)20)7(8)4-13(5-10(15)16)6-11(17)18/h1-3H,4-6H2,(H,15,16)(H,17,18). The first-order valence-electron chi connectivity index (χ1n) is 5.39. The zero-order valence-electron chi connectivity index (χ0n) is 10.2. The summed E-state index contributed by atoms with van der Waals surface area (Å²) in [6.45, 7) is -1.36. The molecule has 1 aromatic carbocycles. The van der Waals surface area contributed by atoms with Crippen LogP contribution >= 0.6 is 11.6 Å². The highest BCUT2D eigenvalue weighted by Gasteiger charge is 2.22. The maximum atomic E-state index is 10.9. The topological polar surface area (TPSA) is 121 Å². The van der Waals surface area contributed by atoms with Crippen molar-refractivity contribution in [1.82, 2.24) is 4.90 Å². The number of nitrogens with zero attached hydrogens (tertiary/aromatic N) is 2. The molecule has 0 bridgehead atoms. The van der Waals surface area contributed by atoms with Crippen LogP contribution in [0.2, 0.25) is 5.02 Å². The highest BCUT2D eigenvalue weighted by Crippen LogP contribution is 2.27. The van der Waals surface area contributed by atoms with Gasteiger partial charge < -0.3 is 10.2 Å². The van der Waals surface area contributed by atoms with Crippen LogP contribution in [0.1, 0.15) is 5.56 Å². The van der Waals surface area contributed by atoms with E-state index in [1.54, 1.807) is 0 Å². The monoisotopic (exact) mass is 302 g/mol. The van der Waals surface area contributed by atoms with E-state index >= 15 is 0 Å². The maximum absolute atomic E-state index is 10.9. The summed E-state index contributed by atoms with van der Waals surface area (Å²) in [6, 6.07) is 4.03. The molecule has 20 heavy (non-hydrogen) atoms. The van der Waals surface area contributed by atoms with E-state index in [1.165, 1.54) is 18.2 Å². The molecule has 8 nitrogen and oxygen atoms in total. The van der Waals surface area contributed by atoms with Crippen molar-refractivity contribution in [2.75, 3.05) is 13.1 Å². The lowest BCUT2D eigenvalue weighted by Crippen LogP contribution is -2.34. The summed E-state index contributed by atoms with van der Waals surface area (Å²) in [5, 5.41) is 28.4. The molecule has 9 heteroatoms. The van der Waals surface area contributed by atoms with Gasteiger partial charge in [0, 0.05) is 12.6 Å². The van der Waals surface area contributed by atoms with Crippen LogP contribution in [0.3, 0.4) is 0 Å². The van der Waals surface area contributed by atoms with Crippen molar-refractivity contribution in [2.45, 2.75) is 6.54 Å². The summed E-state index contributed by atoms with van der Waals surface area (Å²) in [5.41, 5.74) is -0.194. The fourth-order valence-electron chi connectivity index (χ4n) is 1.65. The summed E-state index contributed by atoms with van der Waals surface area (Å²) in [7, 11) is 0. The lowest BCUT2D eigenvalue weighted by molar-refractivity contribution is -0.385. The van der Waals surface area contributed by atoms with Crippen molar-refractivity contribution >= 4 is 29.2 Å². The Balaban J connectivity index is 3.06. The normalized spacial score (nSPS) is 10.5. The van der Waals surface area contributed by atoms with E-state index < -0.39 is 30.0 Å². The van der Waals surface area contributed by atoms with Crippen LogP contribution < -0.4 is 0 Å². The fourth-order valence-corrected chi connectivity index (χ4v) is 1.88. The van der Waals surface area contributed by atoms with E-state index in [1.807, 2.05) is 0 Å². The Morgan fingerprint density at radius 2 is 1.80 bits per heavy atom. The minimum absolute atomic E-state index is 0.0833. The molecule has 0 saturated carbocycles. The minimum Gasteiger partial charge on any atom is -0.480 e. The second-order valence-electron chi connectivity index (χ2n) is 3.93. The molecule has 0 heterocycles. The van der Waals surface area contributed by atoms with Crippen molar-refractivity contribution in [3.05, 3.63) is 38.9 Å². The molecule has 0 radical (unpaired) electrons. The number of hydrogen-bond acceptors (Lipinski definition) is 5. The van der Waals surface area contributed by atoms with Gasteiger partial charge >= 0.3 is 11.9 Å². The molecule has 0 aromatic heterocycles. The predicted octanol–water partition coefficient (Wildman–Crippen LogP) is 1.22. The van der Waals surface area contributed by atoms with Gasteiger partial charge in [0.25, 0.3) is 5.69 Å². The van der Waals surface area contributed by atoms with E-state index in [0.717, 1.165) is 4.90 Å². The van der Waals surface area contributed by atoms with Crippen molar-refractivity contribution in [3.8, 4) is 0 Å². The van der Waals surface area contributed by atoms with Gasteiger partial charge in [-0.05, 0) is 6.07 Å². The molecule has 0 aliphatic carbocycles. The molecule has 0 spiro atoms. The highest BCUT2D eigenvalue weighted by molar-refractivity contribution is 6.31. The molecule has 0 unspecified atom stereocenters. The Kier molecular flexibility index (Phi) is 5.42. The van der Waals surface area contributed by atoms with Crippen LogP contribution in [0.5, 0.6) is 0 Å². The SMILES string of the molecule is O=C(O)CN(CC(=O)O)Cc1c(Cl)cccc1[N+](=O)[O-]. The van der Waals surface area contributed by atoms with E-state index in [4.69, 9.17) is 21.8 Å². The van der Waals surface area contributed by atoms with E-state index in [-0.39, 0.29) is 22.8 Å². The van der Waals surface area contributed by atoms with Crippen molar-refractivity contribution in [2.24, 2.45) is 0 Å². The number of carboxylic acid groups (broad SMARTS) is 2. The molecule has 2 N–H and O–H groups in total. The molecule has 0 amide bonds. The van der Waals surface area contributed by atoms with Crippen LogP contribution in [0, 0.1) is 10.1 Å². The Hall–Kier alpha value is -2.19. The third kappa shape index (κ3) is 4.48. The van der Waals surface area contributed by atoms with Gasteiger partial charge in [-0.25, -0.2) is 0 Å². The fraction of sp³-hybridized carbons (Fsp3) is 0.273. The number of hydrogen-bond donors (Lipinski definition) is 2. The van der Waals surface area contributed by atoms with Gasteiger partial charge in [-0.15, -0.1) is 0 Å². The van der Waals surface area contributed by atoms with Crippen molar-refractivity contribution < 1.29 is 24.7 Å². The largest absolute Gasteiger partial charge is 0.480 e. The van der Waals surface area contributed by atoms with Crippen LogP contribution in [0.4, 0.5) is 5.69 Å². The van der Waals surface area contributed by atoms with Gasteiger partial charge in [-0.2, -0.15) is 0 Å². The first kappa shape index (κ1) is 15.9. The summed E-state index contributed by atoms with van der Waals surface area (Å²) < 4.78 is 0. The first-order valence-corrected chi connectivity index (χ1v) is 5.76. The average molecular weight is 303 g/mol. The number of halogens is 1. The molecular formula is C11H11ClN2O6. The third-order valence-electron chi connectivity index (χ3n) is 2.39. The lowest BCUT2D eigenvalue weighted by Gasteiger charge is -2.18. The van der Waals surface area contributed by atoms with E-state index in [2.05, 4.69) is 0 Å². The maximum Gasteiger partial charge on any atom is 0.317 e. The van der Waals surface area contributed by atoms with Gasteiger partial charge in [-0.3, -0.25) is 24.6 Å². The lowest BCUT2D eigenvalue weighted by atomic mass is 10.1. The molecule has 0 fully saturated rings. The number of nitro groups is 1. The molecule has 1 rings (SSSR count). The summed E-state index contributed by atoms with van der Waals surface area (Å²) >= 11 is 5.86. The zero-order valence-corrected chi connectivity index (χ0v) is 10.9. The van der Waals surface area contributed by atoms with Gasteiger partial charge in [-0.1, -0.05) is 17.7 Å². The minimum atomic E-state index is -1.24. The van der Waals surface area contributed by atoms with E-state index in [0.29, 0.717) is 0 Å². The number of carbonyl (C=O) groups is 2. The average Bonchev–Trinajstić information content (AvgIpc) is 2.29. The summed E-state index contributed by atoms with van der Waals surface area (Å²) in [5.74, 6) is -2.47. The van der Waals surface area contributed by atoms with E-state index in [9.17, 15) is 19.7 Å². The van der Waals surface area contributed by atoms with Crippen molar-refractivity contribution in [3.63, 3.8) is 0 Å². The highest BCUT2D eigenvalue weighted by atomic mass is 35.5. The molecule has 0 saturated heterocycles. The zero-order chi connectivity index (χ0) is 15.3. The van der Waals surface area contributed by atoms with Crippen molar-refractivity contribution in [1.29, 1.82) is 0 Å². The molecule has 108 valence electrons. The molecule has 0 atom stereocenters. The third-order valence-corrected chi connectivity index (χ3v) is 2.74. The number of carboxylic acids is 2. The number of aliphatic carboxylic acids is 2. The quantitative estimate of drug-likeness (QED) is 0.573. The first-order chi connectivity index (χ1) is 9.31.